The number of ether oxygens (including phenoxy) is 2. The highest BCUT2D eigenvalue weighted by atomic mass is 16.5. The predicted octanol–water partition coefficient (Wildman–Crippen LogP) is 1.70. The topological polar surface area (TPSA) is 76.1 Å². The third kappa shape index (κ3) is 3.26. The number of carboxylic acid groups (broad SMARTS) is 1. The average Bonchev–Trinajstić information content (AvgIpc) is 3.28. The molecule has 0 saturated heterocycles. The number of aliphatic carboxylic acids is 1. The van der Waals surface area contributed by atoms with Gasteiger partial charge >= 0.3 is 5.97 Å². The molecule has 1 saturated carbocycles. The number of carboxylic acids is 1. The number of hydrogen-bond donors (Lipinski definition) is 1. The molecule has 1 amide bonds. The molecule has 0 atom stereocenters. The molecule has 0 spiro atoms. The van der Waals surface area contributed by atoms with Crippen LogP contribution in [0.4, 0.5) is 0 Å². The van der Waals surface area contributed by atoms with Gasteiger partial charge < -0.3 is 19.5 Å². The molecule has 0 radical (unpaired) electrons. The maximum atomic E-state index is 12.6. The van der Waals surface area contributed by atoms with Crippen molar-refractivity contribution in [1.29, 1.82) is 0 Å². The van der Waals surface area contributed by atoms with Crippen molar-refractivity contribution in [3.63, 3.8) is 0 Å². The predicted molar refractivity (Wildman–Crippen MR) is 76.0 cm³/mol. The fourth-order valence-corrected chi connectivity index (χ4v) is 2.27. The van der Waals surface area contributed by atoms with Gasteiger partial charge in [0.25, 0.3) is 5.91 Å². The molecule has 1 aromatic rings. The highest BCUT2D eigenvalue weighted by Gasteiger charge is 2.34. The molecule has 1 aromatic carbocycles. The molecule has 1 aliphatic rings. The molecule has 21 heavy (non-hydrogen) atoms. The van der Waals surface area contributed by atoms with Gasteiger partial charge in [-0.25, -0.2) is 0 Å². The van der Waals surface area contributed by atoms with Gasteiger partial charge in [-0.2, -0.15) is 0 Å². The Kier molecular flexibility index (Phi) is 4.35. The van der Waals surface area contributed by atoms with Crippen LogP contribution in [0.3, 0.4) is 0 Å². The first-order valence-electron chi connectivity index (χ1n) is 6.73. The van der Waals surface area contributed by atoms with E-state index < -0.39 is 5.97 Å². The Morgan fingerprint density at radius 3 is 2.14 bits per heavy atom. The van der Waals surface area contributed by atoms with Crippen molar-refractivity contribution in [3.05, 3.63) is 23.3 Å². The van der Waals surface area contributed by atoms with Crippen LogP contribution in [0.5, 0.6) is 11.5 Å². The van der Waals surface area contributed by atoms with Crippen molar-refractivity contribution in [2.45, 2.75) is 25.8 Å². The van der Waals surface area contributed by atoms with Crippen LogP contribution in [-0.4, -0.2) is 48.7 Å². The molecule has 6 nitrogen and oxygen atoms in total. The van der Waals surface area contributed by atoms with Gasteiger partial charge in [-0.05, 0) is 31.9 Å². The first kappa shape index (κ1) is 15.2. The van der Waals surface area contributed by atoms with Crippen molar-refractivity contribution in [3.8, 4) is 11.5 Å². The minimum atomic E-state index is -1.01. The van der Waals surface area contributed by atoms with Gasteiger partial charge in [0.2, 0.25) is 0 Å². The van der Waals surface area contributed by atoms with Gasteiger partial charge in [0.1, 0.15) is 18.0 Å². The van der Waals surface area contributed by atoms with Crippen LogP contribution in [0.2, 0.25) is 0 Å². The molecule has 1 N–H and O–H groups in total. The van der Waals surface area contributed by atoms with E-state index in [-0.39, 0.29) is 18.5 Å². The van der Waals surface area contributed by atoms with E-state index in [0.717, 1.165) is 18.4 Å². The fourth-order valence-electron chi connectivity index (χ4n) is 2.27. The van der Waals surface area contributed by atoms with Gasteiger partial charge in [-0.1, -0.05) is 0 Å². The number of methoxy groups -OCH3 is 2. The van der Waals surface area contributed by atoms with Crippen LogP contribution in [-0.2, 0) is 4.79 Å². The van der Waals surface area contributed by atoms with Crippen LogP contribution >= 0.6 is 0 Å². The maximum Gasteiger partial charge on any atom is 0.323 e. The molecule has 0 bridgehead atoms. The zero-order valence-electron chi connectivity index (χ0n) is 12.4. The summed E-state index contributed by atoms with van der Waals surface area (Å²) in [6.45, 7) is 1.55. The summed E-state index contributed by atoms with van der Waals surface area (Å²) in [5.41, 5.74) is 1.18. The normalized spacial score (nSPS) is 13.7. The number of amides is 1. The molecule has 2 rings (SSSR count). The molecular weight excluding hydrogens is 274 g/mol. The highest BCUT2D eigenvalue weighted by Crippen LogP contribution is 2.32. The summed E-state index contributed by atoms with van der Waals surface area (Å²) in [6, 6.07) is 3.27. The molecule has 0 aliphatic heterocycles. The monoisotopic (exact) mass is 293 g/mol. The zero-order valence-corrected chi connectivity index (χ0v) is 12.4. The van der Waals surface area contributed by atoms with Crippen molar-refractivity contribution in [2.75, 3.05) is 20.8 Å². The Morgan fingerprint density at radius 1 is 1.24 bits per heavy atom. The summed E-state index contributed by atoms with van der Waals surface area (Å²) in [7, 11) is 3.04. The Hall–Kier alpha value is -2.24. The number of carbonyl (C=O) groups is 2. The molecule has 6 heteroatoms. The summed E-state index contributed by atoms with van der Waals surface area (Å²) in [4.78, 5) is 24.9. The van der Waals surface area contributed by atoms with Gasteiger partial charge in [-0.15, -0.1) is 0 Å². The van der Waals surface area contributed by atoms with Gasteiger partial charge in [0.15, 0.2) is 0 Å². The lowest BCUT2D eigenvalue weighted by Crippen LogP contribution is -2.37. The Morgan fingerprint density at radius 2 is 1.76 bits per heavy atom. The van der Waals surface area contributed by atoms with E-state index in [1.165, 1.54) is 19.1 Å². The average molecular weight is 293 g/mol. The second-order valence-electron chi connectivity index (χ2n) is 5.06. The zero-order chi connectivity index (χ0) is 15.6. The summed E-state index contributed by atoms with van der Waals surface area (Å²) in [6.07, 6.45) is 1.69. The first-order chi connectivity index (χ1) is 9.97. The van der Waals surface area contributed by atoms with Crippen LogP contribution in [0.1, 0.15) is 28.8 Å². The lowest BCUT2D eigenvalue weighted by atomic mass is 10.1. The van der Waals surface area contributed by atoms with Gasteiger partial charge in [-0.3, -0.25) is 9.59 Å². The summed E-state index contributed by atoms with van der Waals surface area (Å²) >= 11 is 0. The van der Waals surface area contributed by atoms with Gasteiger partial charge in [0, 0.05) is 17.2 Å². The number of hydrogen-bond acceptors (Lipinski definition) is 4. The van der Waals surface area contributed by atoms with E-state index in [0.29, 0.717) is 17.1 Å². The minimum Gasteiger partial charge on any atom is -0.496 e. The third-order valence-electron chi connectivity index (χ3n) is 3.55. The lowest BCUT2D eigenvalue weighted by Gasteiger charge is -2.21. The number of benzene rings is 1. The standard InChI is InChI=1S/C15H19NO5/c1-9-12(20-2)6-10(7-13(9)21-3)15(19)16(8-14(17)18)11-4-5-11/h6-7,11H,4-5,8H2,1-3H3,(H,17,18). The van der Waals surface area contributed by atoms with E-state index in [1.54, 1.807) is 12.1 Å². The lowest BCUT2D eigenvalue weighted by molar-refractivity contribution is -0.137. The second-order valence-corrected chi connectivity index (χ2v) is 5.06. The largest absolute Gasteiger partial charge is 0.496 e. The van der Waals surface area contributed by atoms with Crippen molar-refractivity contribution in [2.24, 2.45) is 0 Å². The van der Waals surface area contributed by atoms with Crippen LogP contribution in [0.15, 0.2) is 12.1 Å². The molecule has 114 valence electrons. The SMILES string of the molecule is COc1cc(C(=O)N(CC(=O)O)C2CC2)cc(OC)c1C. The van der Waals surface area contributed by atoms with E-state index >= 15 is 0 Å². The Balaban J connectivity index is 2.34. The van der Waals surface area contributed by atoms with E-state index in [1.807, 2.05) is 6.92 Å². The van der Waals surface area contributed by atoms with Crippen LogP contribution < -0.4 is 9.47 Å². The quantitative estimate of drug-likeness (QED) is 0.864. The fraction of sp³-hybridized carbons (Fsp3) is 0.467. The highest BCUT2D eigenvalue weighted by molar-refractivity contribution is 5.97. The Labute approximate surface area is 123 Å². The van der Waals surface area contributed by atoms with Gasteiger partial charge in [0.05, 0.1) is 14.2 Å². The molecule has 0 unspecified atom stereocenters. The maximum absolute atomic E-state index is 12.6. The van der Waals surface area contributed by atoms with E-state index in [2.05, 4.69) is 0 Å². The van der Waals surface area contributed by atoms with E-state index in [9.17, 15) is 9.59 Å². The number of rotatable bonds is 6. The molecule has 1 fully saturated rings. The number of carbonyl (C=O) groups excluding carboxylic acids is 1. The third-order valence-corrected chi connectivity index (χ3v) is 3.55. The Bertz CT molecular complexity index is 540. The molecule has 1 aliphatic carbocycles. The summed E-state index contributed by atoms with van der Waals surface area (Å²) < 4.78 is 10.5. The summed E-state index contributed by atoms with van der Waals surface area (Å²) in [5.74, 6) is -0.231. The molecular formula is C15H19NO5. The van der Waals surface area contributed by atoms with Crippen LogP contribution in [0.25, 0.3) is 0 Å². The molecule has 0 heterocycles. The van der Waals surface area contributed by atoms with E-state index in [4.69, 9.17) is 14.6 Å². The number of nitrogens with zero attached hydrogens (tertiary/aromatic N) is 1. The van der Waals surface area contributed by atoms with Crippen molar-refractivity contribution >= 4 is 11.9 Å². The van der Waals surface area contributed by atoms with Crippen LogP contribution in [0, 0.1) is 6.92 Å². The first-order valence-corrected chi connectivity index (χ1v) is 6.73. The summed E-state index contributed by atoms with van der Waals surface area (Å²) in [5, 5.41) is 8.96. The minimum absolute atomic E-state index is 0.0203. The second kappa shape index (κ2) is 6.03. The van der Waals surface area contributed by atoms with Crippen molar-refractivity contribution in [1.82, 2.24) is 4.90 Å². The van der Waals surface area contributed by atoms with Crippen molar-refractivity contribution < 1.29 is 24.2 Å². The smallest absolute Gasteiger partial charge is 0.323 e. The molecule has 0 aromatic heterocycles.